The minimum atomic E-state index is -3.69. The molecule has 144 valence electrons. The average molecular weight is 388 g/mol. The summed E-state index contributed by atoms with van der Waals surface area (Å²) in [6.07, 6.45) is 0. The number of sulfonamides is 1. The van der Waals surface area contributed by atoms with Gasteiger partial charge in [-0.25, -0.2) is 13.2 Å². The summed E-state index contributed by atoms with van der Waals surface area (Å²) >= 11 is 0. The number of hydrogen-bond donors (Lipinski definition) is 1. The first-order valence-corrected chi connectivity index (χ1v) is 10.3. The molecular formula is C20H24N2O4S. The predicted octanol–water partition coefficient (Wildman–Crippen LogP) is 2.51. The zero-order valence-corrected chi connectivity index (χ0v) is 16.4. The molecule has 0 aliphatic carbocycles. The monoisotopic (exact) mass is 388 g/mol. The molecule has 1 heterocycles. The molecule has 1 N–H and O–H groups in total. The molecule has 3 rings (SSSR count). The summed E-state index contributed by atoms with van der Waals surface area (Å²) in [5.74, 6) is -1.12. The van der Waals surface area contributed by atoms with Crippen LogP contribution in [0.25, 0.3) is 0 Å². The van der Waals surface area contributed by atoms with Crippen molar-refractivity contribution in [2.75, 3.05) is 26.2 Å². The molecule has 0 unspecified atom stereocenters. The number of rotatable bonds is 5. The Morgan fingerprint density at radius 3 is 2.37 bits per heavy atom. The Kier molecular flexibility index (Phi) is 5.64. The van der Waals surface area contributed by atoms with E-state index >= 15 is 0 Å². The van der Waals surface area contributed by atoms with Gasteiger partial charge >= 0.3 is 5.97 Å². The van der Waals surface area contributed by atoms with Crippen molar-refractivity contribution in [3.63, 3.8) is 0 Å². The lowest BCUT2D eigenvalue weighted by molar-refractivity contribution is 0.0696. The Hall–Kier alpha value is -2.22. The van der Waals surface area contributed by atoms with Crippen LogP contribution in [0.5, 0.6) is 0 Å². The third-order valence-corrected chi connectivity index (χ3v) is 6.79. The van der Waals surface area contributed by atoms with Crippen LogP contribution < -0.4 is 0 Å². The fourth-order valence-electron chi connectivity index (χ4n) is 3.34. The van der Waals surface area contributed by atoms with Gasteiger partial charge in [-0.15, -0.1) is 0 Å². The van der Waals surface area contributed by atoms with Gasteiger partial charge in [-0.1, -0.05) is 35.9 Å². The SMILES string of the molecule is Cc1cccc(CN2CCN(S(=O)(=O)c3ccc(C)c(C(=O)O)c3)CC2)c1. The summed E-state index contributed by atoms with van der Waals surface area (Å²) in [7, 11) is -3.69. The summed E-state index contributed by atoms with van der Waals surface area (Å²) < 4.78 is 27.2. The summed E-state index contributed by atoms with van der Waals surface area (Å²) in [5.41, 5.74) is 3.00. The van der Waals surface area contributed by atoms with E-state index in [0.29, 0.717) is 31.7 Å². The maximum Gasteiger partial charge on any atom is 0.335 e. The van der Waals surface area contributed by atoms with Gasteiger partial charge in [0.2, 0.25) is 10.0 Å². The molecule has 0 bridgehead atoms. The van der Waals surface area contributed by atoms with Crippen molar-refractivity contribution >= 4 is 16.0 Å². The maximum atomic E-state index is 12.9. The second kappa shape index (κ2) is 7.80. The Morgan fingerprint density at radius 2 is 1.74 bits per heavy atom. The first kappa shape index (κ1) is 19.5. The predicted molar refractivity (Wildman–Crippen MR) is 103 cm³/mol. The summed E-state index contributed by atoms with van der Waals surface area (Å²) in [6, 6.07) is 12.6. The van der Waals surface area contributed by atoms with Gasteiger partial charge < -0.3 is 5.11 Å². The lowest BCUT2D eigenvalue weighted by Crippen LogP contribution is -2.48. The highest BCUT2D eigenvalue weighted by Gasteiger charge is 2.29. The molecule has 6 nitrogen and oxygen atoms in total. The Balaban J connectivity index is 1.69. The highest BCUT2D eigenvalue weighted by molar-refractivity contribution is 7.89. The number of piperazine rings is 1. The largest absolute Gasteiger partial charge is 0.478 e. The van der Waals surface area contributed by atoms with E-state index in [2.05, 4.69) is 30.0 Å². The highest BCUT2D eigenvalue weighted by atomic mass is 32.2. The number of aryl methyl sites for hydroxylation is 2. The zero-order chi connectivity index (χ0) is 19.6. The van der Waals surface area contributed by atoms with Crippen molar-refractivity contribution < 1.29 is 18.3 Å². The normalized spacial score (nSPS) is 16.4. The fourth-order valence-corrected chi connectivity index (χ4v) is 4.79. The standard InChI is InChI=1S/C20H24N2O4S/c1-15-4-3-5-17(12-15)14-21-8-10-22(11-9-21)27(25,26)18-7-6-16(2)19(13-18)20(23)24/h3-7,12-13H,8-11,14H2,1-2H3,(H,23,24). The first-order chi connectivity index (χ1) is 12.8. The number of nitrogens with zero attached hydrogens (tertiary/aromatic N) is 2. The van der Waals surface area contributed by atoms with Crippen molar-refractivity contribution in [2.24, 2.45) is 0 Å². The lowest BCUT2D eigenvalue weighted by Gasteiger charge is -2.34. The van der Waals surface area contributed by atoms with Crippen molar-refractivity contribution in [2.45, 2.75) is 25.3 Å². The summed E-state index contributed by atoms with van der Waals surface area (Å²) in [6.45, 7) is 6.58. The molecular weight excluding hydrogens is 364 g/mol. The van der Waals surface area contributed by atoms with Gasteiger partial charge in [0.15, 0.2) is 0 Å². The van der Waals surface area contributed by atoms with E-state index in [0.717, 1.165) is 6.54 Å². The molecule has 1 fully saturated rings. The third kappa shape index (κ3) is 4.37. The highest BCUT2D eigenvalue weighted by Crippen LogP contribution is 2.21. The van der Waals surface area contributed by atoms with Gasteiger partial charge in [0, 0.05) is 32.7 Å². The van der Waals surface area contributed by atoms with Crippen LogP contribution in [-0.2, 0) is 16.6 Å². The van der Waals surface area contributed by atoms with Crippen LogP contribution >= 0.6 is 0 Å². The number of aromatic carboxylic acids is 1. The molecule has 1 saturated heterocycles. The van der Waals surface area contributed by atoms with E-state index in [1.165, 1.54) is 27.6 Å². The van der Waals surface area contributed by atoms with Crippen LogP contribution in [0.3, 0.4) is 0 Å². The van der Waals surface area contributed by atoms with Gasteiger partial charge in [-0.05, 0) is 37.1 Å². The summed E-state index contributed by atoms with van der Waals surface area (Å²) in [5, 5.41) is 9.25. The van der Waals surface area contributed by atoms with Crippen LogP contribution in [0.15, 0.2) is 47.4 Å². The second-order valence-corrected chi connectivity index (χ2v) is 8.89. The lowest BCUT2D eigenvalue weighted by atomic mass is 10.1. The molecule has 2 aromatic carbocycles. The molecule has 0 spiro atoms. The Labute approximate surface area is 160 Å². The third-order valence-electron chi connectivity index (χ3n) is 4.90. The fraction of sp³-hybridized carbons (Fsp3) is 0.350. The Morgan fingerprint density at radius 1 is 1.04 bits per heavy atom. The molecule has 7 heteroatoms. The van der Waals surface area contributed by atoms with E-state index in [1.54, 1.807) is 13.0 Å². The van der Waals surface area contributed by atoms with Gasteiger partial charge in [0.1, 0.15) is 0 Å². The van der Waals surface area contributed by atoms with E-state index in [9.17, 15) is 18.3 Å². The molecule has 0 amide bonds. The number of carboxylic acids is 1. The minimum Gasteiger partial charge on any atom is -0.478 e. The van der Waals surface area contributed by atoms with Crippen molar-refractivity contribution in [3.8, 4) is 0 Å². The average Bonchev–Trinajstić information content (AvgIpc) is 2.62. The number of carboxylic acid groups (broad SMARTS) is 1. The smallest absolute Gasteiger partial charge is 0.335 e. The number of hydrogen-bond acceptors (Lipinski definition) is 4. The molecule has 27 heavy (non-hydrogen) atoms. The molecule has 1 aliphatic heterocycles. The molecule has 0 atom stereocenters. The number of carbonyl (C=O) groups is 1. The van der Waals surface area contributed by atoms with Gasteiger partial charge in [-0.2, -0.15) is 4.31 Å². The van der Waals surface area contributed by atoms with E-state index < -0.39 is 16.0 Å². The van der Waals surface area contributed by atoms with Gasteiger partial charge in [0.25, 0.3) is 0 Å². The topological polar surface area (TPSA) is 77.9 Å². The molecule has 0 radical (unpaired) electrons. The minimum absolute atomic E-state index is 0.0224. The summed E-state index contributed by atoms with van der Waals surface area (Å²) in [4.78, 5) is 13.6. The van der Waals surface area contributed by atoms with Crippen molar-refractivity contribution in [1.82, 2.24) is 9.21 Å². The zero-order valence-electron chi connectivity index (χ0n) is 15.6. The number of benzene rings is 2. The maximum absolute atomic E-state index is 12.9. The Bertz CT molecular complexity index is 948. The molecule has 1 aliphatic rings. The van der Waals surface area contributed by atoms with E-state index in [-0.39, 0.29) is 10.5 Å². The van der Waals surface area contributed by atoms with Crippen LogP contribution in [0.2, 0.25) is 0 Å². The molecule has 2 aromatic rings. The quantitative estimate of drug-likeness (QED) is 0.852. The second-order valence-electron chi connectivity index (χ2n) is 6.95. The van der Waals surface area contributed by atoms with Gasteiger partial charge in [-0.3, -0.25) is 4.90 Å². The van der Waals surface area contributed by atoms with Crippen LogP contribution in [0.1, 0.15) is 27.0 Å². The van der Waals surface area contributed by atoms with E-state index in [4.69, 9.17) is 0 Å². The molecule has 0 saturated carbocycles. The van der Waals surface area contributed by atoms with Gasteiger partial charge in [0.05, 0.1) is 10.5 Å². The van der Waals surface area contributed by atoms with Crippen molar-refractivity contribution in [1.29, 1.82) is 0 Å². The van der Waals surface area contributed by atoms with Crippen LogP contribution in [0.4, 0.5) is 0 Å². The van der Waals surface area contributed by atoms with E-state index in [1.807, 2.05) is 6.07 Å². The van der Waals surface area contributed by atoms with Crippen LogP contribution in [-0.4, -0.2) is 54.9 Å². The van der Waals surface area contributed by atoms with Crippen molar-refractivity contribution in [3.05, 3.63) is 64.7 Å². The van der Waals surface area contributed by atoms with Crippen LogP contribution in [0, 0.1) is 13.8 Å². The molecule has 0 aromatic heterocycles. The first-order valence-electron chi connectivity index (χ1n) is 8.89.